The number of fused-ring (bicyclic) bond motifs is 1. The Morgan fingerprint density at radius 2 is 1.77 bits per heavy atom. The minimum Gasteiger partial charge on any atom is -0.378 e. The zero-order chi connectivity index (χ0) is 21.4. The Hall–Kier alpha value is -3.30. The van der Waals surface area contributed by atoms with Gasteiger partial charge in [0, 0.05) is 30.9 Å². The lowest BCUT2D eigenvalue weighted by Crippen LogP contribution is -2.44. The van der Waals surface area contributed by atoms with E-state index < -0.39 is 0 Å². The van der Waals surface area contributed by atoms with Crippen LogP contribution in [0, 0.1) is 0 Å². The van der Waals surface area contributed by atoms with E-state index in [-0.39, 0.29) is 30.2 Å². The Labute approximate surface area is 180 Å². The SMILES string of the molecule is CN(C)c1ccc(C(=O)NC2COC3C2OCC3n2nnnc2-c2ccccc2)cc1. The van der Waals surface area contributed by atoms with Gasteiger partial charge >= 0.3 is 0 Å². The lowest BCUT2D eigenvalue weighted by atomic mass is 10.1. The molecular formula is C22H24N6O3. The molecule has 1 N–H and O–H groups in total. The molecule has 1 aromatic heterocycles. The Morgan fingerprint density at radius 3 is 2.52 bits per heavy atom. The van der Waals surface area contributed by atoms with Gasteiger partial charge in [0.05, 0.1) is 19.3 Å². The Balaban J connectivity index is 1.29. The lowest BCUT2D eigenvalue weighted by Gasteiger charge is -2.18. The molecule has 2 aliphatic rings. The summed E-state index contributed by atoms with van der Waals surface area (Å²) >= 11 is 0. The number of hydrogen-bond acceptors (Lipinski definition) is 7. The van der Waals surface area contributed by atoms with Gasteiger partial charge < -0.3 is 19.7 Å². The van der Waals surface area contributed by atoms with Crippen LogP contribution in [0.1, 0.15) is 16.4 Å². The van der Waals surface area contributed by atoms with Crippen molar-refractivity contribution in [3.8, 4) is 11.4 Å². The highest BCUT2D eigenvalue weighted by Gasteiger charge is 2.50. The van der Waals surface area contributed by atoms with Crippen molar-refractivity contribution in [3.05, 3.63) is 60.2 Å². The summed E-state index contributed by atoms with van der Waals surface area (Å²) in [4.78, 5) is 14.7. The molecule has 3 aromatic rings. The molecular weight excluding hydrogens is 396 g/mol. The van der Waals surface area contributed by atoms with Crippen molar-refractivity contribution in [2.75, 3.05) is 32.2 Å². The van der Waals surface area contributed by atoms with Gasteiger partial charge in [-0.1, -0.05) is 30.3 Å². The van der Waals surface area contributed by atoms with Crippen LogP contribution in [0.2, 0.25) is 0 Å². The van der Waals surface area contributed by atoms with Crippen molar-refractivity contribution >= 4 is 11.6 Å². The van der Waals surface area contributed by atoms with E-state index in [1.54, 1.807) is 4.68 Å². The number of nitrogens with one attached hydrogen (secondary N) is 1. The predicted molar refractivity (Wildman–Crippen MR) is 114 cm³/mol. The molecule has 31 heavy (non-hydrogen) atoms. The van der Waals surface area contributed by atoms with Gasteiger partial charge in [0.15, 0.2) is 5.82 Å². The fourth-order valence-electron chi connectivity index (χ4n) is 4.17. The van der Waals surface area contributed by atoms with Crippen molar-refractivity contribution in [1.82, 2.24) is 25.5 Å². The third-order valence-electron chi connectivity index (χ3n) is 5.83. The number of benzene rings is 2. The first-order chi connectivity index (χ1) is 15.1. The van der Waals surface area contributed by atoms with E-state index in [4.69, 9.17) is 9.47 Å². The second-order valence-corrected chi connectivity index (χ2v) is 8.00. The summed E-state index contributed by atoms with van der Waals surface area (Å²) in [7, 11) is 3.93. The number of carbonyl (C=O) groups excluding carboxylic acids is 1. The number of ether oxygens (including phenoxy) is 2. The van der Waals surface area contributed by atoms with E-state index in [2.05, 4.69) is 20.8 Å². The molecule has 0 saturated carbocycles. The average Bonchev–Trinajstić information content (AvgIpc) is 3.52. The van der Waals surface area contributed by atoms with Crippen LogP contribution in [-0.2, 0) is 9.47 Å². The van der Waals surface area contributed by atoms with Gasteiger partial charge in [-0.25, -0.2) is 4.68 Å². The molecule has 4 unspecified atom stereocenters. The zero-order valence-corrected chi connectivity index (χ0v) is 17.4. The number of hydrogen-bond donors (Lipinski definition) is 1. The summed E-state index contributed by atoms with van der Waals surface area (Å²) in [5.74, 6) is 0.533. The molecule has 2 fully saturated rings. The minimum absolute atomic E-state index is 0.140. The number of carbonyl (C=O) groups is 1. The molecule has 0 bridgehead atoms. The normalized spacial score (nSPS) is 24.7. The summed E-state index contributed by atoms with van der Waals surface area (Å²) in [6.07, 6.45) is -0.477. The second kappa shape index (κ2) is 8.09. The molecule has 5 rings (SSSR count). The molecule has 0 aliphatic carbocycles. The van der Waals surface area contributed by atoms with E-state index in [0.717, 1.165) is 11.3 Å². The number of amides is 1. The summed E-state index contributed by atoms with van der Waals surface area (Å²) in [5, 5.41) is 15.3. The molecule has 3 heterocycles. The maximum absolute atomic E-state index is 12.7. The van der Waals surface area contributed by atoms with Gasteiger partial charge in [0.2, 0.25) is 0 Å². The maximum Gasteiger partial charge on any atom is 0.251 e. The van der Waals surface area contributed by atoms with Gasteiger partial charge in [-0.3, -0.25) is 4.79 Å². The molecule has 0 spiro atoms. The van der Waals surface area contributed by atoms with Crippen LogP contribution in [0.25, 0.3) is 11.4 Å². The molecule has 9 nitrogen and oxygen atoms in total. The highest BCUT2D eigenvalue weighted by molar-refractivity contribution is 5.94. The van der Waals surface area contributed by atoms with Crippen molar-refractivity contribution in [3.63, 3.8) is 0 Å². The smallest absolute Gasteiger partial charge is 0.251 e. The number of rotatable bonds is 5. The van der Waals surface area contributed by atoms with Crippen LogP contribution < -0.4 is 10.2 Å². The molecule has 4 atom stereocenters. The Morgan fingerprint density at radius 1 is 1.03 bits per heavy atom. The van der Waals surface area contributed by atoms with Crippen LogP contribution in [0.15, 0.2) is 54.6 Å². The van der Waals surface area contributed by atoms with Crippen molar-refractivity contribution in [2.24, 2.45) is 0 Å². The highest BCUT2D eigenvalue weighted by Crippen LogP contribution is 2.35. The van der Waals surface area contributed by atoms with Crippen LogP contribution >= 0.6 is 0 Å². The highest BCUT2D eigenvalue weighted by atomic mass is 16.6. The fraction of sp³-hybridized carbons (Fsp3) is 0.364. The van der Waals surface area contributed by atoms with Crippen LogP contribution in [0.4, 0.5) is 5.69 Å². The summed E-state index contributed by atoms with van der Waals surface area (Å²) < 4.78 is 13.9. The first-order valence-electron chi connectivity index (χ1n) is 10.3. The molecule has 160 valence electrons. The lowest BCUT2D eigenvalue weighted by molar-refractivity contribution is 0.0615. The van der Waals surface area contributed by atoms with Crippen molar-refractivity contribution in [2.45, 2.75) is 24.3 Å². The third-order valence-corrected chi connectivity index (χ3v) is 5.83. The molecule has 1 amide bonds. The van der Waals surface area contributed by atoms with Gasteiger partial charge in [-0.05, 0) is 34.7 Å². The molecule has 2 aromatic carbocycles. The average molecular weight is 420 g/mol. The Bertz CT molecular complexity index is 1050. The van der Waals surface area contributed by atoms with E-state index >= 15 is 0 Å². The van der Waals surface area contributed by atoms with E-state index in [1.165, 1.54) is 0 Å². The minimum atomic E-state index is -0.247. The largest absolute Gasteiger partial charge is 0.378 e. The first kappa shape index (κ1) is 19.7. The molecule has 9 heteroatoms. The predicted octanol–water partition coefficient (Wildman–Crippen LogP) is 1.54. The standard InChI is InChI=1S/C22H24N6O3/c1-27(2)16-10-8-15(9-11-16)22(29)23-17-12-30-20-18(13-31-19(17)20)28-21(24-25-26-28)14-6-4-3-5-7-14/h3-11,17-20H,12-13H2,1-2H3,(H,23,29). The summed E-state index contributed by atoms with van der Waals surface area (Å²) in [6, 6.07) is 16.9. The monoisotopic (exact) mass is 420 g/mol. The van der Waals surface area contributed by atoms with Crippen LogP contribution in [0.3, 0.4) is 0 Å². The summed E-state index contributed by atoms with van der Waals surface area (Å²) in [6.45, 7) is 0.806. The number of nitrogens with zero attached hydrogens (tertiary/aromatic N) is 5. The van der Waals surface area contributed by atoms with E-state index in [0.29, 0.717) is 24.6 Å². The number of tetrazole rings is 1. The van der Waals surface area contributed by atoms with Crippen LogP contribution in [-0.4, -0.2) is 71.7 Å². The van der Waals surface area contributed by atoms with Gasteiger partial charge in [-0.15, -0.1) is 5.10 Å². The van der Waals surface area contributed by atoms with E-state index in [9.17, 15) is 4.79 Å². The van der Waals surface area contributed by atoms with Crippen molar-refractivity contribution in [1.29, 1.82) is 0 Å². The van der Waals surface area contributed by atoms with E-state index in [1.807, 2.05) is 73.6 Å². The van der Waals surface area contributed by atoms with Gasteiger partial charge in [-0.2, -0.15) is 0 Å². The molecule has 0 radical (unpaired) electrons. The third kappa shape index (κ3) is 3.66. The number of anilines is 1. The Kier molecular flexibility index (Phi) is 5.13. The quantitative estimate of drug-likeness (QED) is 0.669. The van der Waals surface area contributed by atoms with Crippen LogP contribution in [0.5, 0.6) is 0 Å². The molecule has 2 aliphatic heterocycles. The fourth-order valence-corrected chi connectivity index (χ4v) is 4.17. The first-order valence-corrected chi connectivity index (χ1v) is 10.3. The summed E-state index contributed by atoms with van der Waals surface area (Å²) in [5.41, 5.74) is 2.58. The van der Waals surface area contributed by atoms with Crippen molar-refractivity contribution < 1.29 is 14.3 Å². The van der Waals surface area contributed by atoms with Gasteiger partial charge in [0.1, 0.15) is 18.2 Å². The molecule has 2 saturated heterocycles. The zero-order valence-electron chi connectivity index (χ0n) is 17.4. The maximum atomic E-state index is 12.7. The topological polar surface area (TPSA) is 94.4 Å². The van der Waals surface area contributed by atoms with Gasteiger partial charge in [0.25, 0.3) is 5.91 Å². The second-order valence-electron chi connectivity index (χ2n) is 8.00. The number of aromatic nitrogens is 4.